The number of amidine groups is 1. The Kier molecular flexibility index (Phi) is 3.69. The summed E-state index contributed by atoms with van der Waals surface area (Å²) in [5.41, 5.74) is 3.01. The number of hydrazine groups is 1. The molecule has 1 heterocycles. The summed E-state index contributed by atoms with van der Waals surface area (Å²) in [6.07, 6.45) is 0. The Balaban J connectivity index is 3.10. The van der Waals surface area contributed by atoms with Gasteiger partial charge in [-0.2, -0.15) is 5.10 Å². The lowest BCUT2D eigenvalue weighted by Crippen LogP contribution is -2.61. The summed E-state index contributed by atoms with van der Waals surface area (Å²) in [7, 11) is 0. The van der Waals surface area contributed by atoms with E-state index >= 15 is 0 Å². The Bertz CT molecular complexity index is 328. The van der Waals surface area contributed by atoms with E-state index in [2.05, 4.69) is 31.3 Å². The normalized spacial score (nSPS) is 17.7. The number of nitrogens with zero attached hydrogens (tertiary/aromatic N) is 3. The van der Waals surface area contributed by atoms with Gasteiger partial charge in [-0.15, -0.1) is 0 Å². The van der Waals surface area contributed by atoms with Crippen LogP contribution in [0.5, 0.6) is 0 Å². The first-order valence-corrected chi connectivity index (χ1v) is 6.12. The molecule has 17 heavy (non-hydrogen) atoms. The van der Waals surface area contributed by atoms with Crippen LogP contribution in [0.2, 0.25) is 0 Å². The highest BCUT2D eigenvalue weighted by molar-refractivity contribution is 5.92. The third-order valence-corrected chi connectivity index (χ3v) is 2.55. The van der Waals surface area contributed by atoms with E-state index in [-0.39, 0.29) is 23.5 Å². The van der Waals surface area contributed by atoms with Crippen LogP contribution in [0.4, 0.5) is 4.79 Å². The van der Waals surface area contributed by atoms with E-state index in [0.29, 0.717) is 0 Å². The number of nitrogens with one attached hydrogen (secondary N) is 1. The maximum absolute atomic E-state index is 12.2. The van der Waals surface area contributed by atoms with E-state index in [4.69, 9.17) is 0 Å². The van der Waals surface area contributed by atoms with Gasteiger partial charge in [0.2, 0.25) is 0 Å². The van der Waals surface area contributed by atoms with Crippen molar-refractivity contribution in [3.8, 4) is 0 Å². The molecule has 98 valence electrons. The second kappa shape index (κ2) is 4.55. The van der Waals surface area contributed by atoms with Gasteiger partial charge in [-0.1, -0.05) is 20.8 Å². The zero-order chi connectivity index (χ0) is 13.4. The molecule has 0 aromatic heterocycles. The van der Waals surface area contributed by atoms with Crippen LogP contribution in [0.15, 0.2) is 5.10 Å². The van der Waals surface area contributed by atoms with Gasteiger partial charge in [0.1, 0.15) is 5.84 Å². The minimum absolute atomic E-state index is 0.0585. The molecule has 1 aliphatic rings. The first-order valence-electron chi connectivity index (χ1n) is 6.12. The van der Waals surface area contributed by atoms with Gasteiger partial charge >= 0.3 is 6.03 Å². The second-order valence-electron chi connectivity index (χ2n) is 6.00. The lowest BCUT2D eigenvalue weighted by Gasteiger charge is -2.40. The molecule has 0 fully saturated rings. The summed E-state index contributed by atoms with van der Waals surface area (Å²) in [4.78, 5) is 12.2. The maximum atomic E-state index is 12.2. The smallest absolute Gasteiger partial charge is 0.279 e. The van der Waals surface area contributed by atoms with Crippen LogP contribution in [0, 0.1) is 5.41 Å². The van der Waals surface area contributed by atoms with Gasteiger partial charge in [0, 0.05) is 11.5 Å². The fourth-order valence-electron chi connectivity index (χ4n) is 1.45. The van der Waals surface area contributed by atoms with Gasteiger partial charge < -0.3 is 0 Å². The van der Waals surface area contributed by atoms with Crippen molar-refractivity contribution in [2.24, 2.45) is 10.5 Å². The average molecular weight is 240 g/mol. The third kappa shape index (κ3) is 2.90. The number of carbonyl (C=O) groups excluding carboxylic acids is 1. The van der Waals surface area contributed by atoms with Crippen molar-refractivity contribution >= 4 is 11.9 Å². The van der Waals surface area contributed by atoms with Crippen LogP contribution < -0.4 is 5.43 Å². The Morgan fingerprint density at radius 3 is 2.00 bits per heavy atom. The molecule has 0 aromatic rings. The molecule has 0 saturated heterocycles. The number of rotatable bonds is 2. The topological polar surface area (TPSA) is 47.9 Å². The molecule has 0 aliphatic carbocycles. The molecule has 0 radical (unpaired) electrons. The van der Waals surface area contributed by atoms with Gasteiger partial charge in [-0.25, -0.2) is 14.8 Å². The zero-order valence-corrected chi connectivity index (χ0v) is 11.9. The molecular weight excluding hydrogens is 216 g/mol. The van der Waals surface area contributed by atoms with Crippen molar-refractivity contribution in [1.29, 1.82) is 0 Å². The molecule has 5 nitrogen and oxygen atoms in total. The van der Waals surface area contributed by atoms with Crippen molar-refractivity contribution in [2.75, 3.05) is 0 Å². The summed E-state index contributed by atoms with van der Waals surface area (Å²) in [6, 6.07) is 0.0581. The number of urea groups is 1. The number of carbonyl (C=O) groups is 1. The fourth-order valence-corrected chi connectivity index (χ4v) is 1.45. The lowest BCUT2D eigenvalue weighted by molar-refractivity contribution is 0.101. The molecule has 0 aromatic carbocycles. The molecule has 0 spiro atoms. The van der Waals surface area contributed by atoms with E-state index in [1.165, 1.54) is 5.01 Å². The van der Waals surface area contributed by atoms with E-state index in [1.807, 2.05) is 27.7 Å². The molecule has 1 aliphatic heterocycles. The fraction of sp³-hybridized carbons (Fsp3) is 0.833. The molecule has 0 unspecified atom stereocenters. The number of amides is 2. The van der Waals surface area contributed by atoms with Crippen LogP contribution >= 0.6 is 0 Å². The predicted molar refractivity (Wildman–Crippen MR) is 69.4 cm³/mol. The Labute approximate surface area is 104 Å². The molecule has 0 saturated carbocycles. The summed E-state index contributed by atoms with van der Waals surface area (Å²) in [5, 5.41) is 7.59. The molecule has 0 atom stereocenters. The average Bonchev–Trinajstić information content (AvgIpc) is 2.14. The first kappa shape index (κ1) is 13.8. The van der Waals surface area contributed by atoms with Crippen molar-refractivity contribution in [2.45, 2.75) is 60.5 Å². The SMILES string of the molecule is CC(C)N1N=C(C(C)(C)C)NN(C(C)C)C1=O. The van der Waals surface area contributed by atoms with E-state index in [0.717, 1.165) is 5.84 Å². The van der Waals surface area contributed by atoms with Crippen molar-refractivity contribution in [3.63, 3.8) is 0 Å². The van der Waals surface area contributed by atoms with Gasteiger partial charge in [0.15, 0.2) is 0 Å². The number of hydrogen-bond acceptors (Lipinski definition) is 3. The summed E-state index contributed by atoms with van der Waals surface area (Å²) in [5.74, 6) is 0.819. The molecule has 5 heteroatoms. The van der Waals surface area contributed by atoms with Crippen LogP contribution in [0.3, 0.4) is 0 Å². The molecule has 1 rings (SSSR count). The highest BCUT2D eigenvalue weighted by atomic mass is 16.2. The lowest BCUT2D eigenvalue weighted by atomic mass is 9.95. The standard InChI is InChI=1S/C12H24N4O/c1-8(2)15-11(17)16(9(3)4)14-10(13-15)12(5,6)7/h8-9H,1-7H3,(H,13,14). The zero-order valence-electron chi connectivity index (χ0n) is 11.9. The van der Waals surface area contributed by atoms with Crippen molar-refractivity contribution in [3.05, 3.63) is 0 Å². The minimum atomic E-state index is -0.110. The van der Waals surface area contributed by atoms with Crippen LogP contribution in [-0.4, -0.2) is 34.0 Å². The maximum Gasteiger partial charge on any atom is 0.359 e. The van der Waals surface area contributed by atoms with Crippen LogP contribution in [0.25, 0.3) is 0 Å². The quantitative estimate of drug-likeness (QED) is 0.805. The largest absolute Gasteiger partial charge is 0.359 e. The Morgan fingerprint density at radius 1 is 1.12 bits per heavy atom. The molecule has 2 amide bonds. The van der Waals surface area contributed by atoms with E-state index < -0.39 is 0 Å². The van der Waals surface area contributed by atoms with Gasteiger partial charge in [0.25, 0.3) is 0 Å². The van der Waals surface area contributed by atoms with E-state index in [1.54, 1.807) is 5.01 Å². The Morgan fingerprint density at radius 2 is 1.65 bits per heavy atom. The van der Waals surface area contributed by atoms with E-state index in [9.17, 15) is 4.79 Å². The van der Waals surface area contributed by atoms with Gasteiger partial charge in [-0.05, 0) is 27.7 Å². The highest BCUT2D eigenvalue weighted by Crippen LogP contribution is 2.21. The Hall–Kier alpha value is -1.26. The second-order valence-corrected chi connectivity index (χ2v) is 6.00. The summed E-state index contributed by atoms with van der Waals surface area (Å²) < 4.78 is 0. The summed E-state index contributed by atoms with van der Waals surface area (Å²) >= 11 is 0. The van der Waals surface area contributed by atoms with Crippen LogP contribution in [-0.2, 0) is 0 Å². The van der Waals surface area contributed by atoms with Gasteiger partial charge in [-0.3, -0.25) is 5.43 Å². The predicted octanol–water partition coefficient (Wildman–Crippen LogP) is 2.41. The van der Waals surface area contributed by atoms with Crippen LogP contribution in [0.1, 0.15) is 48.5 Å². The molecular formula is C12H24N4O. The van der Waals surface area contributed by atoms with Crippen molar-refractivity contribution < 1.29 is 4.79 Å². The third-order valence-electron chi connectivity index (χ3n) is 2.55. The first-order chi connectivity index (χ1) is 7.64. The molecule has 0 bridgehead atoms. The van der Waals surface area contributed by atoms with Crippen molar-refractivity contribution in [1.82, 2.24) is 15.4 Å². The minimum Gasteiger partial charge on any atom is -0.279 e. The molecule has 1 N–H and O–H groups in total. The number of hydrazone groups is 1. The monoisotopic (exact) mass is 240 g/mol. The highest BCUT2D eigenvalue weighted by Gasteiger charge is 2.34. The van der Waals surface area contributed by atoms with Gasteiger partial charge in [0.05, 0.1) is 6.04 Å². The number of hydrogen-bond donors (Lipinski definition) is 1. The summed E-state index contributed by atoms with van der Waals surface area (Å²) in [6.45, 7) is 14.1.